The summed E-state index contributed by atoms with van der Waals surface area (Å²) in [5.74, 6) is -0.376. The minimum Gasteiger partial charge on any atom is -0.465 e. The Labute approximate surface area is 126 Å². The predicted octanol–water partition coefficient (Wildman–Crippen LogP) is 2.45. The van der Waals surface area contributed by atoms with Crippen molar-refractivity contribution in [1.29, 1.82) is 0 Å². The molecule has 1 aliphatic rings. The number of ether oxygens (including phenoxy) is 2. The number of nitrogens with two attached hydrogens (primary N) is 1. The number of nitrogens with zero attached hydrogens (tertiary/aromatic N) is 1. The molecule has 0 spiro atoms. The van der Waals surface area contributed by atoms with Gasteiger partial charge in [0, 0.05) is 18.8 Å². The van der Waals surface area contributed by atoms with Crippen molar-refractivity contribution < 1.29 is 14.3 Å². The Hall–Kier alpha value is -1.75. The lowest BCUT2D eigenvalue weighted by atomic mass is 9.97. The highest BCUT2D eigenvalue weighted by Crippen LogP contribution is 2.33. The fourth-order valence-corrected chi connectivity index (χ4v) is 3.06. The average Bonchev–Trinajstić information content (AvgIpc) is 2.33. The highest BCUT2D eigenvalue weighted by molar-refractivity contribution is 5.97. The van der Waals surface area contributed by atoms with E-state index in [0.29, 0.717) is 24.3 Å². The SMILES string of the molecule is COC(=O)c1cc(N)ccc1N1CC(C)(C)OC(C)(C)C1. The van der Waals surface area contributed by atoms with Crippen LogP contribution in [-0.2, 0) is 9.47 Å². The second kappa shape index (κ2) is 5.22. The van der Waals surface area contributed by atoms with E-state index < -0.39 is 0 Å². The van der Waals surface area contributed by atoms with Crippen LogP contribution in [0.1, 0.15) is 38.1 Å². The van der Waals surface area contributed by atoms with Gasteiger partial charge in [0.2, 0.25) is 0 Å². The van der Waals surface area contributed by atoms with Crippen LogP contribution < -0.4 is 10.6 Å². The number of nitrogen functional groups attached to an aromatic ring is 1. The summed E-state index contributed by atoms with van der Waals surface area (Å²) in [6.07, 6.45) is 0. The molecule has 5 nitrogen and oxygen atoms in total. The van der Waals surface area contributed by atoms with Crippen LogP contribution in [0.25, 0.3) is 0 Å². The quantitative estimate of drug-likeness (QED) is 0.670. The topological polar surface area (TPSA) is 64.8 Å². The van der Waals surface area contributed by atoms with Crippen LogP contribution in [0.3, 0.4) is 0 Å². The van der Waals surface area contributed by atoms with Crippen molar-refractivity contribution in [3.8, 4) is 0 Å². The zero-order valence-corrected chi connectivity index (χ0v) is 13.4. The van der Waals surface area contributed by atoms with Gasteiger partial charge in [0.05, 0.1) is 29.6 Å². The Kier molecular flexibility index (Phi) is 3.89. The highest BCUT2D eigenvalue weighted by atomic mass is 16.5. The number of morpholine rings is 1. The molecule has 0 aliphatic carbocycles. The molecule has 116 valence electrons. The third kappa shape index (κ3) is 3.47. The number of rotatable bonds is 2. The van der Waals surface area contributed by atoms with E-state index in [1.165, 1.54) is 7.11 Å². The van der Waals surface area contributed by atoms with E-state index in [4.69, 9.17) is 15.2 Å². The van der Waals surface area contributed by atoms with Crippen LogP contribution in [-0.4, -0.2) is 37.4 Å². The molecular formula is C16H24N2O3. The third-order valence-corrected chi connectivity index (χ3v) is 3.46. The van der Waals surface area contributed by atoms with Gasteiger partial charge in [-0.3, -0.25) is 0 Å². The van der Waals surface area contributed by atoms with E-state index in [1.54, 1.807) is 12.1 Å². The molecule has 1 aromatic carbocycles. The number of anilines is 2. The molecule has 0 radical (unpaired) electrons. The summed E-state index contributed by atoms with van der Waals surface area (Å²) in [6.45, 7) is 9.60. The van der Waals surface area contributed by atoms with Gasteiger partial charge >= 0.3 is 5.97 Å². The van der Waals surface area contributed by atoms with Gasteiger partial charge < -0.3 is 20.1 Å². The van der Waals surface area contributed by atoms with Gasteiger partial charge in [-0.1, -0.05) is 0 Å². The summed E-state index contributed by atoms with van der Waals surface area (Å²) in [5.41, 5.74) is 7.09. The number of carbonyl (C=O) groups excluding carboxylic acids is 1. The molecule has 2 rings (SSSR count). The van der Waals surface area contributed by atoms with Crippen LogP contribution in [0.15, 0.2) is 18.2 Å². The van der Waals surface area contributed by atoms with Crippen molar-refractivity contribution in [1.82, 2.24) is 0 Å². The Morgan fingerprint density at radius 2 is 1.81 bits per heavy atom. The minimum atomic E-state index is -0.376. The molecule has 5 heteroatoms. The number of hydrogen-bond acceptors (Lipinski definition) is 5. The number of hydrogen-bond donors (Lipinski definition) is 1. The van der Waals surface area contributed by atoms with E-state index in [2.05, 4.69) is 32.6 Å². The minimum absolute atomic E-state index is 0.295. The zero-order valence-electron chi connectivity index (χ0n) is 13.4. The number of esters is 1. The molecule has 0 atom stereocenters. The van der Waals surface area contributed by atoms with Gasteiger partial charge in [0.15, 0.2) is 0 Å². The van der Waals surface area contributed by atoms with Gasteiger partial charge in [0.25, 0.3) is 0 Å². The van der Waals surface area contributed by atoms with Crippen LogP contribution >= 0.6 is 0 Å². The van der Waals surface area contributed by atoms with E-state index >= 15 is 0 Å². The fraction of sp³-hybridized carbons (Fsp3) is 0.562. The van der Waals surface area contributed by atoms with Gasteiger partial charge in [-0.2, -0.15) is 0 Å². The van der Waals surface area contributed by atoms with E-state index in [1.807, 2.05) is 6.07 Å². The summed E-state index contributed by atoms with van der Waals surface area (Å²) in [5, 5.41) is 0. The maximum absolute atomic E-state index is 12.0. The van der Waals surface area contributed by atoms with Crippen molar-refractivity contribution in [3.63, 3.8) is 0 Å². The molecule has 0 aromatic heterocycles. The number of carbonyl (C=O) groups is 1. The first kappa shape index (κ1) is 15.6. The lowest BCUT2D eigenvalue weighted by molar-refractivity contribution is -0.133. The number of methoxy groups -OCH3 is 1. The maximum atomic E-state index is 12.0. The third-order valence-electron chi connectivity index (χ3n) is 3.46. The van der Waals surface area contributed by atoms with E-state index in [9.17, 15) is 4.79 Å². The number of benzene rings is 1. The smallest absolute Gasteiger partial charge is 0.340 e. The molecular weight excluding hydrogens is 268 g/mol. The van der Waals surface area contributed by atoms with Gasteiger partial charge in [0.1, 0.15) is 0 Å². The Morgan fingerprint density at radius 3 is 2.33 bits per heavy atom. The standard InChI is InChI=1S/C16H24N2O3/c1-15(2)9-18(10-16(3,4)21-15)13-7-6-11(17)8-12(13)14(19)20-5/h6-8H,9-10,17H2,1-5H3. The molecule has 0 saturated carbocycles. The zero-order chi connectivity index (χ0) is 15.8. The first-order valence-corrected chi connectivity index (χ1v) is 7.06. The summed E-state index contributed by atoms with van der Waals surface area (Å²) in [4.78, 5) is 14.2. The summed E-state index contributed by atoms with van der Waals surface area (Å²) >= 11 is 0. The lowest BCUT2D eigenvalue weighted by Gasteiger charge is -2.48. The Morgan fingerprint density at radius 1 is 1.24 bits per heavy atom. The molecule has 2 N–H and O–H groups in total. The summed E-state index contributed by atoms with van der Waals surface area (Å²) < 4.78 is 11.0. The largest absolute Gasteiger partial charge is 0.465 e. The molecule has 21 heavy (non-hydrogen) atoms. The van der Waals surface area contributed by atoms with E-state index in [0.717, 1.165) is 5.69 Å². The predicted molar refractivity (Wildman–Crippen MR) is 83.6 cm³/mol. The fourth-order valence-electron chi connectivity index (χ4n) is 3.06. The molecule has 0 bridgehead atoms. The monoisotopic (exact) mass is 292 g/mol. The van der Waals surface area contributed by atoms with Crippen LogP contribution in [0.4, 0.5) is 11.4 Å². The molecule has 1 fully saturated rings. The Balaban J connectivity index is 2.43. The first-order valence-electron chi connectivity index (χ1n) is 7.06. The van der Waals surface area contributed by atoms with Crippen molar-refractivity contribution >= 4 is 17.3 Å². The van der Waals surface area contributed by atoms with Gasteiger partial charge in [-0.05, 0) is 45.9 Å². The maximum Gasteiger partial charge on any atom is 0.340 e. The van der Waals surface area contributed by atoms with E-state index in [-0.39, 0.29) is 17.2 Å². The molecule has 1 saturated heterocycles. The van der Waals surface area contributed by atoms with Crippen molar-refractivity contribution in [2.24, 2.45) is 0 Å². The van der Waals surface area contributed by atoms with Crippen LogP contribution in [0, 0.1) is 0 Å². The second-order valence-electron chi connectivity index (χ2n) is 6.75. The summed E-state index contributed by atoms with van der Waals surface area (Å²) in [6, 6.07) is 5.34. The lowest BCUT2D eigenvalue weighted by Crippen LogP contribution is -2.57. The molecule has 1 heterocycles. The Bertz CT molecular complexity index is 536. The van der Waals surface area contributed by atoms with Gasteiger partial charge in [-0.15, -0.1) is 0 Å². The van der Waals surface area contributed by atoms with Crippen molar-refractivity contribution in [2.45, 2.75) is 38.9 Å². The normalized spacial score (nSPS) is 20.1. The van der Waals surface area contributed by atoms with Crippen LogP contribution in [0.5, 0.6) is 0 Å². The molecule has 1 aliphatic heterocycles. The molecule has 1 aromatic rings. The van der Waals surface area contributed by atoms with Crippen molar-refractivity contribution in [3.05, 3.63) is 23.8 Å². The van der Waals surface area contributed by atoms with Gasteiger partial charge in [-0.25, -0.2) is 4.79 Å². The van der Waals surface area contributed by atoms with Crippen LogP contribution in [0.2, 0.25) is 0 Å². The average molecular weight is 292 g/mol. The molecule has 0 amide bonds. The molecule has 0 unspecified atom stereocenters. The second-order valence-corrected chi connectivity index (χ2v) is 6.75. The van der Waals surface area contributed by atoms with Crippen molar-refractivity contribution in [2.75, 3.05) is 30.8 Å². The highest BCUT2D eigenvalue weighted by Gasteiger charge is 2.39. The summed E-state index contributed by atoms with van der Waals surface area (Å²) in [7, 11) is 1.38. The first-order chi connectivity index (χ1) is 9.63.